The molecule has 20 heavy (non-hydrogen) atoms. The highest BCUT2D eigenvalue weighted by molar-refractivity contribution is 5.98. The van der Waals surface area contributed by atoms with Gasteiger partial charge in [0.25, 0.3) is 0 Å². The first-order valence-corrected chi connectivity index (χ1v) is 6.68. The second-order valence-electron chi connectivity index (χ2n) is 5.05. The lowest BCUT2D eigenvalue weighted by atomic mass is 9.76. The van der Waals surface area contributed by atoms with E-state index in [0.29, 0.717) is 12.2 Å². The molecule has 0 amide bonds. The lowest BCUT2D eigenvalue weighted by Gasteiger charge is -2.34. The zero-order valence-corrected chi connectivity index (χ0v) is 12.0. The molecule has 3 atom stereocenters. The first kappa shape index (κ1) is 14.6. The van der Waals surface area contributed by atoms with E-state index in [0.717, 1.165) is 5.56 Å². The predicted octanol–water partition coefficient (Wildman–Crippen LogP) is 1.93. The number of hydrogen-bond donors (Lipinski definition) is 1. The van der Waals surface area contributed by atoms with Crippen LogP contribution in [0.5, 0.6) is 0 Å². The van der Waals surface area contributed by atoms with Gasteiger partial charge in [-0.25, -0.2) is 0 Å². The van der Waals surface area contributed by atoms with Crippen LogP contribution in [0.2, 0.25) is 0 Å². The Balaban J connectivity index is 2.31. The van der Waals surface area contributed by atoms with Crippen molar-refractivity contribution < 1.29 is 19.4 Å². The summed E-state index contributed by atoms with van der Waals surface area (Å²) in [5.41, 5.74) is 1.09. The summed E-state index contributed by atoms with van der Waals surface area (Å²) in [5.74, 6) is -0.0365. The number of aliphatic hydroxyl groups is 1. The molecule has 0 radical (unpaired) electrons. The molecule has 0 aromatic heterocycles. The molecular weight excluding hydrogens is 256 g/mol. The van der Waals surface area contributed by atoms with Gasteiger partial charge in [-0.1, -0.05) is 37.3 Å². The Morgan fingerprint density at radius 1 is 1.15 bits per heavy atom. The molecule has 0 spiro atoms. The molecule has 108 valence electrons. The quantitative estimate of drug-likeness (QED) is 0.913. The van der Waals surface area contributed by atoms with Crippen molar-refractivity contribution in [2.45, 2.75) is 19.4 Å². The van der Waals surface area contributed by atoms with Crippen LogP contribution in [0.3, 0.4) is 0 Å². The van der Waals surface area contributed by atoms with Gasteiger partial charge in [0, 0.05) is 11.8 Å². The highest BCUT2D eigenvalue weighted by atomic mass is 16.5. The Bertz CT molecular complexity index is 506. The van der Waals surface area contributed by atoms with Crippen molar-refractivity contribution >= 4 is 5.78 Å². The molecule has 0 fully saturated rings. The zero-order chi connectivity index (χ0) is 14.7. The van der Waals surface area contributed by atoms with Gasteiger partial charge in [-0.3, -0.25) is 4.79 Å². The number of allylic oxidation sites excluding steroid dienone is 1. The Hall–Kier alpha value is -1.81. The van der Waals surface area contributed by atoms with Crippen molar-refractivity contribution in [2.75, 3.05) is 14.2 Å². The number of methoxy groups -OCH3 is 2. The summed E-state index contributed by atoms with van der Waals surface area (Å²) in [6, 6.07) is 9.83. The third-order valence-electron chi connectivity index (χ3n) is 3.92. The lowest BCUT2D eigenvalue weighted by Crippen LogP contribution is -2.42. The summed E-state index contributed by atoms with van der Waals surface area (Å²) >= 11 is 0. The van der Waals surface area contributed by atoms with E-state index in [-0.39, 0.29) is 17.6 Å². The molecule has 1 N–H and O–H groups in total. The smallest absolute Gasteiger partial charge is 0.229 e. The Kier molecular flexibility index (Phi) is 4.45. The van der Waals surface area contributed by atoms with Gasteiger partial charge >= 0.3 is 0 Å². The third-order valence-corrected chi connectivity index (χ3v) is 3.92. The van der Waals surface area contributed by atoms with Crippen LogP contribution in [0.25, 0.3) is 0 Å². The molecule has 1 aliphatic rings. The second kappa shape index (κ2) is 6.09. The Morgan fingerprint density at radius 3 is 2.35 bits per heavy atom. The number of Topliss-reactive ketones (excluding diaryl/α,β-unsaturated/α-hetero) is 1. The second-order valence-corrected chi connectivity index (χ2v) is 5.05. The molecule has 1 aliphatic carbocycles. The van der Waals surface area contributed by atoms with Gasteiger partial charge in [-0.15, -0.1) is 0 Å². The number of ketones is 1. The van der Waals surface area contributed by atoms with Crippen molar-refractivity contribution in [1.29, 1.82) is 0 Å². The number of carbonyl (C=O) groups is 1. The largest absolute Gasteiger partial charge is 0.497 e. The van der Waals surface area contributed by atoms with Crippen LogP contribution in [0.1, 0.15) is 12.5 Å². The third kappa shape index (κ3) is 2.56. The fraction of sp³-hybridized carbons (Fsp3) is 0.438. The molecule has 0 saturated heterocycles. The monoisotopic (exact) mass is 276 g/mol. The standard InChI is InChI=1S/C16H20O4/c1-10-12(9-11-7-5-4-6-8-11)13(17)14(18)16(20-3)15(10)19-2/h4-8,10,12-13,17H,9H2,1-3H3/t10-,12+,13+/m1/s1. The average molecular weight is 276 g/mol. The van der Waals surface area contributed by atoms with Crippen LogP contribution >= 0.6 is 0 Å². The van der Waals surface area contributed by atoms with Crippen molar-refractivity contribution in [2.24, 2.45) is 11.8 Å². The first-order chi connectivity index (χ1) is 9.60. The Morgan fingerprint density at radius 2 is 1.80 bits per heavy atom. The van der Waals surface area contributed by atoms with Crippen LogP contribution in [0, 0.1) is 11.8 Å². The molecule has 1 aromatic carbocycles. The number of carbonyl (C=O) groups excluding carboxylic acids is 1. The molecule has 0 heterocycles. The lowest BCUT2D eigenvalue weighted by molar-refractivity contribution is -0.133. The fourth-order valence-corrected chi connectivity index (χ4v) is 2.78. The number of rotatable bonds is 4. The van der Waals surface area contributed by atoms with E-state index in [1.807, 2.05) is 37.3 Å². The number of hydrogen-bond acceptors (Lipinski definition) is 4. The normalized spacial score (nSPS) is 26.6. The number of benzene rings is 1. The van der Waals surface area contributed by atoms with E-state index in [1.165, 1.54) is 14.2 Å². The van der Waals surface area contributed by atoms with Crippen molar-refractivity contribution in [3.05, 3.63) is 47.4 Å². The maximum absolute atomic E-state index is 12.2. The summed E-state index contributed by atoms with van der Waals surface area (Å²) in [5, 5.41) is 10.3. The van der Waals surface area contributed by atoms with Crippen LogP contribution in [0.15, 0.2) is 41.9 Å². The summed E-state index contributed by atoms with van der Waals surface area (Å²) in [6.45, 7) is 1.95. The molecule has 0 unspecified atom stereocenters. The molecule has 0 aliphatic heterocycles. The molecule has 1 aromatic rings. The minimum Gasteiger partial charge on any atom is -0.497 e. The van der Waals surface area contributed by atoms with E-state index in [9.17, 15) is 9.90 Å². The predicted molar refractivity (Wildman–Crippen MR) is 74.9 cm³/mol. The van der Waals surface area contributed by atoms with Gasteiger partial charge in [0.05, 0.1) is 14.2 Å². The zero-order valence-electron chi connectivity index (χ0n) is 12.0. The number of aliphatic hydroxyl groups excluding tert-OH is 1. The van der Waals surface area contributed by atoms with Crippen LogP contribution in [-0.4, -0.2) is 31.2 Å². The Labute approximate surface area is 119 Å². The van der Waals surface area contributed by atoms with Crippen LogP contribution < -0.4 is 0 Å². The molecule has 2 rings (SSSR count). The van der Waals surface area contributed by atoms with Crippen molar-refractivity contribution in [1.82, 2.24) is 0 Å². The van der Waals surface area contributed by atoms with Gasteiger partial charge in [-0.2, -0.15) is 0 Å². The number of ether oxygens (including phenoxy) is 2. The molecular formula is C16H20O4. The molecule has 0 bridgehead atoms. The summed E-state index contributed by atoms with van der Waals surface area (Å²) in [6.07, 6.45) is -0.433. The maximum atomic E-state index is 12.2. The summed E-state index contributed by atoms with van der Waals surface area (Å²) in [7, 11) is 2.94. The van der Waals surface area contributed by atoms with Gasteiger partial charge in [0.2, 0.25) is 11.5 Å². The fourth-order valence-electron chi connectivity index (χ4n) is 2.78. The summed E-state index contributed by atoms with van der Waals surface area (Å²) < 4.78 is 10.4. The van der Waals surface area contributed by atoms with E-state index < -0.39 is 11.9 Å². The minimum absolute atomic E-state index is 0.0807. The van der Waals surface area contributed by atoms with E-state index in [4.69, 9.17) is 9.47 Å². The minimum atomic E-state index is -1.06. The van der Waals surface area contributed by atoms with E-state index in [1.54, 1.807) is 0 Å². The van der Waals surface area contributed by atoms with Gasteiger partial charge in [0.15, 0.2) is 0 Å². The van der Waals surface area contributed by atoms with E-state index in [2.05, 4.69) is 0 Å². The SMILES string of the molecule is COC1=C(OC)[C@H](C)[C@H](Cc2ccccc2)[C@H](O)C1=O. The van der Waals surface area contributed by atoms with Crippen molar-refractivity contribution in [3.8, 4) is 0 Å². The van der Waals surface area contributed by atoms with E-state index >= 15 is 0 Å². The molecule has 4 nitrogen and oxygen atoms in total. The topological polar surface area (TPSA) is 55.8 Å². The highest BCUT2D eigenvalue weighted by Crippen LogP contribution is 2.35. The maximum Gasteiger partial charge on any atom is 0.229 e. The van der Waals surface area contributed by atoms with Gasteiger partial charge < -0.3 is 14.6 Å². The van der Waals surface area contributed by atoms with Gasteiger partial charge in [0.1, 0.15) is 11.9 Å². The highest BCUT2D eigenvalue weighted by Gasteiger charge is 2.42. The average Bonchev–Trinajstić information content (AvgIpc) is 2.48. The van der Waals surface area contributed by atoms with Crippen LogP contribution in [-0.2, 0) is 20.7 Å². The molecule has 0 saturated carbocycles. The first-order valence-electron chi connectivity index (χ1n) is 6.68. The van der Waals surface area contributed by atoms with Crippen molar-refractivity contribution in [3.63, 3.8) is 0 Å². The summed E-state index contributed by atoms with van der Waals surface area (Å²) in [4.78, 5) is 12.2. The molecule has 4 heteroatoms. The van der Waals surface area contributed by atoms with Crippen LogP contribution in [0.4, 0.5) is 0 Å². The van der Waals surface area contributed by atoms with Gasteiger partial charge in [-0.05, 0) is 12.0 Å².